The molecule has 0 aliphatic carbocycles. The molecule has 5 nitrogen and oxygen atoms in total. The quantitative estimate of drug-likeness (QED) is 0.873. The summed E-state index contributed by atoms with van der Waals surface area (Å²) >= 11 is 8.05. The third kappa shape index (κ3) is 3.19. The molecule has 1 aliphatic heterocycles. The molecule has 3 rings (SSSR count). The molecular formula is C17H20ClN3O2S. The number of rotatable bonds is 4. The molecule has 2 aromatic rings. The van der Waals surface area contributed by atoms with Crippen molar-refractivity contribution in [2.45, 2.75) is 38.5 Å². The highest BCUT2D eigenvalue weighted by Crippen LogP contribution is 2.36. The molecule has 3 N–H and O–H groups in total. The van der Waals surface area contributed by atoms with Crippen LogP contribution in [0.2, 0.25) is 5.02 Å². The maximum atomic E-state index is 11.6. The lowest BCUT2D eigenvalue weighted by molar-refractivity contribution is -0.122. The molecule has 3 atom stereocenters. The summed E-state index contributed by atoms with van der Waals surface area (Å²) in [7, 11) is 0. The maximum absolute atomic E-state index is 11.6. The number of thiazole rings is 1. The molecule has 24 heavy (non-hydrogen) atoms. The van der Waals surface area contributed by atoms with Gasteiger partial charge in [0.05, 0.1) is 28.2 Å². The highest BCUT2D eigenvalue weighted by Gasteiger charge is 2.37. The number of benzene rings is 1. The Kier molecular flexibility index (Phi) is 4.92. The summed E-state index contributed by atoms with van der Waals surface area (Å²) in [6.07, 6.45) is -0.148. The molecule has 0 radical (unpaired) electrons. The Bertz CT molecular complexity index is 764. The van der Waals surface area contributed by atoms with Crippen molar-refractivity contribution in [3.63, 3.8) is 0 Å². The van der Waals surface area contributed by atoms with Crippen molar-refractivity contribution in [2.24, 2.45) is 5.73 Å². The van der Waals surface area contributed by atoms with Crippen LogP contribution in [0.15, 0.2) is 23.7 Å². The van der Waals surface area contributed by atoms with Gasteiger partial charge in [-0.05, 0) is 31.9 Å². The van der Waals surface area contributed by atoms with Crippen LogP contribution in [0.1, 0.15) is 30.6 Å². The van der Waals surface area contributed by atoms with Gasteiger partial charge in [-0.3, -0.25) is 9.69 Å². The fourth-order valence-electron chi connectivity index (χ4n) is 3.27. The van der Waals surface area contributed by atoms with E-state index in [1.54, 1.807) is 16.8 Å². The first kappa shape index (κ1) is 17.4. The molecule has 2 heterocycles. The van der Waals surface area contributed by atoms with Gasteiger partial charge in [-0.25, -0.2) is 4.98 Å². The molecule has 128 valence electrons. The molecule has 2 unspecified atom stereocenters. The van der Waals surface area contributed by atoms with E-state index >= 15 is 0 Å². The Morgan fingerprint density at radius 3 is 2.88 bits per heavy atom. The second-order valence-electron chi connectivity index (χ2n) is 6.19. The summed E-state index contributed by atoms with van der Waals surface area (Å²) in [5.41, 5.74) is 10.2. The number of carbonyl (C=O) groups is 1. The Balaban J connectivity index is 1.89. The van der Waals surface area contributed by atoms with Gasteiger partial charge in [-0.15, -0.1) is 11.3 Å². The van der Waals surface area contributed by atoms with E-state index in [9.17, 15) is 9.90 Å². The van der Waals surface area contributed by atoms with E-state index in [0.29, 0.717) is 18.0 Å². The highest BCUT2D eigenvalue weighted by atomic mass is 35.5. The van der Waals surface area contributed by atoms with Gasteiger partial charge in [0.25, 0.3) is 0 Å². The summed E-state index contributed by atoms with van der Waals surface area (Å²) < 4.78 is 0. The molecule has 0 bridgehead atoms. The van der Waals surface area contributed by atoms with Crippen molar-refractivity contribution in [3.8, 4) is 10.4 Å². The largest absolute Gasteiger partial charge is 0.392 e. The number of carbonyl (C=O) groups excluding carboxylic acids is 1. The minimum Gasteiger partial charge on any atom is -0.392 e. The number of hydrogen-bond acceptors (Lipinski definition) is 5. The topological polar surface area (TPSA) is 79.4 Å². The number of amides is 1. The zero-order chi connectivity index (χ0) is 17.4. The predicted molar refractivity (Wildman–Crippen MR) is 96.0 cm³/mol. The van der Waals surface area contributed by atoms with Crippen molar-refractivity contribution in [1.82, 2.24) is 9.88 Å². The zero-order valence-corrected chi connectivity index (χ0v) is 15.1. The number of β-amino-alcohol motifs (C(OH)–C–C–N with tert-alkyl or cyclic N) is 1. The molecular weight excluding hydrogens is 346 g/mol. The molecule has 0 spiro atoms. The molecule has 1 aromatic heterocycles. The molecule has 1 amide bonds. The number of hydrogen-bond donors (Lipinski definition) is 2. The Labute approximate surface area is 150 Å². The van der Waals surface area contributed by atoms with Crippen LogP contribution in [0, 0.1) is 6.92 Å². The molecule has 1 saturated heterocycles. The van der Waals surface area contributed by atoms with Crippen molar-refractivity contribution >= 4 is 28.8 Å². The second kappa shape index (κ2) is 6.80. The van der Waals surface area contributed by atoms with Gasteiger partial charge < -0.3 is 10.8 Å². The van der Waals surface area contributed by atoms with Gasteiger partial charge in [0.2, 0.25) is 5.91 Å². The summed E-state index contributed by atoms with van der Waals surface area (Å²) in [5.74, 6) is -0.401. The van der Waals surface area contributed by atoms with E-state index in [-0.39, 0.29) is 6.04 Å². The number of halogens is 1. The molecule has 1 aromatic carbocycles. The van der Waals surface area contributed by atoms with Crippen LogP contribution in [0.5, 0.6) is 0 Å². The van der Waals surface area contributed by atoms with E-state index in [0.717, 1.165) is 21.7 Å². The van der Waals surface area contributed by atoms with Gasteiger partial charge in [-0.1, -0.05) is 23.7 Å². The predicted octanol–water partition coefficient (Wildman–Crippen LogP) is 2.75. The minimum atomic E-state index is -0.528. The van der Waals surface area contributed by atoms with Gasteiger partial charge in [0, 0.05) is 23.2 Å². The lowest BCUT2D eigenvalue weighted by atomic mass is 10.0. The summed E-state index contributed by atoms with van der Waals surface area (Å²) in [5, 5.41) is 10.5. The average molecular weight is 366 g/mol. The fraction of sp³-hybridized carbons (Fsp3) is 0.412. The summed E-state index contributed by atoms with van der Waals surface area (Å²) in [6.45, 7) is 4.39. The monoisotopic (exact) mass is 365 g/mol. The van der Waals surface area contributed by atoms with Crippen molar-refractivity contribution in [2.75, 3.05) is 6.54 Å². The van der Waals surface area contributed by atoms with Crippen LogP contribution in [0.3, 0.4) is 0 Å². The SMILES string of the molecule is Cc1ncsc1-c1ccc([C@H](C)N2CC(O)CC2C(N)=O)cc1Cl. The second-order valence-corrected chi connectivity index (χ2v) is 7.45. The zero-order valence-electron chi connectivity index (χ0n) is 13.6. The first-order valence-electron chi connectivity index (χ1n) is 7.81. The number of nitrogens with two attached hydrogens (primary N) is 1. The van der Waals surface area contributed by atoms with Crippen molar-refractivity contribution in [3.05, 3.63) is 40.0 Å². The molecule has 0 saturated carbocycles. The van der Waals surface area contributed by atoms with E-state index in [4.69, 9.17) is 17.3 Å². The van der Waals surface area contributed by atoms with Gasteiger partial charge in [0.1, 0.15) is 0 Å². The van der Waals surface area contributed by atoms with Crippen LogP contribution in [0.25, 0.3) is 10.4 Å². The minimum absolute atomic E-state index is 0.0613. The van der Waals surface area contributed by atoms with E-state index in [1.165, 1.54) is 0 Å². The Hall–Kier alpha value is -1.47. The first-order valence-corrected chi connectivity index (χ1v) is 9.07. The average Bonchev–Trinajstić information content (AvgIpc) is 3.12. The Morgan fingerprint density at radius 1 is 1.54 bits per heavy atom. The standard InChI is InChI=1S/C17H20ClN3O2S/c1-9-16(24-8-20-9)13-4-3-11(5-14(13)18)10(2)21-7-12(22)6-15(21)17(19)23/h3-5,8,10,12,15,22H,6-7H2,1-2H3,(H2,19,23)/t10-,12?,15?/m0/s1. The fourth-order valence-corrected chi connectivity index (χ4v) is 4.46. The number of aliphatic hydroxyl groups is 1. The number of aromatic nitrogens is 1. The van der Waals surface area contributed by atoms with Crippen molar-refractivity contribution in [1.29, 1.82) is 0 Å². The maximum Gasteiger partial charge on any atom is 0.234 e. The number of nitrogens with zero attached hydrogens (tertiary/aromatic N) is 2. The highest BCUT2D eigenvalue weighted by molar-refractivity contribution is 7.13. The van der Waals surface area contributed by atoms with Crippen LogP contribution in [-0.4, -0.2) is 39.6 Å². The molecule has 1 aliphatic rings. The Morgan fingerprint density at radius 2 is 2.29 bits per heavy atom. The first-order chi connectivity index (χ1) is 11.4. The van der Waals surface area contributed by atoms with Gasteiger partial charge in [0.15, 0.2) is 0 Å². The number of likely N-dealkylation sites (tertiary alicyclic amines) is 1. The third-order valence-corrected chi connectivity index (χ3v) is 5.88. The van der Waals surface area contributed by atoms with Crippen LogP contribution < -0.4 is 5.73 Å². The van der Waals surface area contributed by atoms with Crippen molar-refractivity contribution < 1.29 is 9.90 Å². The van der Waals surface area contributed by atoms with E-state index < -0.39 is 18.1 Å². The number of aryl methyl sites for hydroxylation is 1. The van der Waals surface area contributed by atoms with Gasteiger partial charge >= 0.3 is 0 Å². The van der Waals surface area contributed by atoms with Crippen LogP contribution in [-0.2, 0) is 4.79 Å². The van der Waals surface area contributed by atoms with E-state index in [1.807, 2.05) is 36.9 Å². The third-order valence-electron chi connectivity index (χ3n) is 4.61. The molecule has 1 fully saturated rings. The molecule has 7 heteroatoms. The summed E-state index contributed by atoms with van der Waals surface area (Å²) in [4.78, 5) is 18.9. The lowest BCUT2D eigenvalue weighted by Gasteiger charge is -2.29. The number of primary amides is 1. The van der Waals surface area contributed by atoms with Gasteiger partial charge in [-0.2, -0.15) is 0 Å². The number of aliphatic hydroxyl groups excluding tert-OH is 1. The lowest BCUT2D eigenvalue weighted by Crippen LogP contribution is -2.41. The summed E-state index contributed by atoms with van der Waals surface area (Å²) in [6, 6.07) is 5.41. The smallest absolute Gasteiger partial charge is 0.234 e. The normalized spacial score (nSPS) is 22.7. The van der Waals surface area contributed by atoms with Crippen LogP contribution >= 0.6 is 22.9 Å². The van der Waals surface area contributed by atoms with E-state index in [2.05, 4.69) is 4.98 Å². The van der Waals surface area contributed by atoms with Crippen LogP contribution in [0.4, 0.5) is 0 Å².